The third kappa shape index (κ3) is 2.88. The molecule has 0 bridgehead atoms. The molecule has 3 atom stereocenters. The van der Waals surface area contributed by atoms with E-state index >= 15 is 0 Å². The Kier molecular flexibility index (Phi) is 4.43. The van der Waals surface area contributed by atoms with Crippen molar-refractivity contribution in [1.29, 1.82) is 0 Å². The summed E-state index contributed by atoms with van der Waals surface area (Å²) >= 11 is 0. The van der Waals surface area contributed by atoms with E-state index in [9.17, 15) is 29.7 Å². The molecule has 2 saturated carbocycles. The van der Waals surface area contributed by atoms with Gasteiger partial charge in [-0.2, -0.15) is 0 Å². The van der Waals surface area contributed by atoms with Crippen LogP contribution >= 0.6 is 0 Å². The van der Waals surface area contributed by atoms with E-state index in [0.29, 0.717) is 12.8 Å². The highest BCUT2D eigenvalue weighted by molar-refractivity contribution is 6.21. The van der Waals surface area contributed by atoms with Crippen molar-refractivity contribution in [1.82, 2.24) is 0 Å². The monoisotopic (exact) mass is 420 g/mol. The quantitative estimate of drug-likeness (QED) is 0.624. The lowest BCUT2D eigenvalue weighted by Gasteiger charge is -2.41. The highest BCUT2D eigenvalue weighted by Crippen LogP contribution is 2.50. The number of hydrogen-bond donors (Lipinski definition) is 3. The summed E-state index contributed by atoms with van der Waals surface area (Å²) in [6, 6.07) is 3.37. The Hall–Kier alpha value is -3.15. The first-order valence-corrected chi connectivity index (χ1v) is 10.8. The standard InChI is InChI=1S/C25H24O6/c1-11(26)19-18(28)10-15-8-14-9-16-13(7-12-3-2-4-12)5-6-17(27)22(16)25(31)20(14)24(30)21(15)23(19)29/h5-7,14-15,21,27,29,31H,2-4,8-10H2,1H3. The fraction of sp³-hybridized carbons (Fsp3) is 0.400. The minimum Gasteiger partial charge on any atom is -0.511 e. The maximum absolute atomic E-state index is 13.4. The molecule has 0 spiro atoms. The summed E-state index contributed by atoms with van der Waals surface area (Å²) in [4.78, 5) is 37.7. The zero-order valence-corrected chi connectivity index (χ0v) is 17.3. The third-order valence-electron chi connectivity index (χ3n) is 7.27. The Bertz CT molecular complexity index is 1140. The molecule has 1 aromatic carbocycles. The number of phenols is 1. The van der Waals surface area contributed by atoms with Crippen molar-refractivity contribution in [2.75, 3.05) is 0 Å². The van der Waals surface area contributed by atoms with E-state index < -0.39 is 34.9 Å². The van der Waals surface area contributed by atoms with Gasteiger partial charge in [-0.15, -0.1) is 0 Å². The van der Waals surface area contributed by atoms with Gasteiger partial charge in [-0.05, 0) is 68.1 Å². The molecule has 6 nitrogen and oxygen atoms in total. The van der Waals surface area contributed by atoms with Gasteiger partial charge < -0.3 is 15.3 Å². The molecular formula is C25H24O6. The van der Waals surface area contributed by atoms with Gasteiger partial charge >= 0.3 is 0 Å². The van der Waals surface area contributed by atoms with Crippen molar-refractivity contribution >= 4 is 29.2 Å². The van der Waals surface area contributed by atoms with Crippen molar-refractivity contribution in [2.24, 2.45) is 17.8 Å². The maximum atomic E-state index is 13.4. The van der Waals surface area contributed by atoms with Gasteiger partial charge in [0, 0.05) is 12.0 Å². The maximum Gasteiger partial charge on any atom is 0.173 e. The fourth-order valence-corrected chi connectivity index (χ4v) is 5.66. The predicted molar refractivity (Wildman–Crippen MR) is 113 cm³/mol. The van der Waals surface area contributed by atoms with Crippen molar-refractivity contribution < 1.29 is 29.7 Å². The van der Waals surface area contributed by atoms with Crippen LogP contribution in [0.15, 0.2) is 34.6 Å². The summed E-state index contributed by atoms with van der Waals surface area (Å²) in [5.41, 5.74) is 3.22. The van der Waals surface area contributed by atoms with E-state index in [2.05, 4.69) is 6.08 Å². The van der Waals surface area contributed by atoms with Crippen molar-refractivity contribution in [3.8, 4) is 5.75 Å². The highest BCUT2D eigenvalue weighted by atomic mass is 16.3. The molecule has 2 fully saturated rings. The van der Waals surface area contributed by atoms with Crippen LogP contribution in [0.1, 0.15) is 55.7 Å². The van der Waals surface area contributed by atoms with Crippen molar-refractivity contribution in [2.45, 2.75) is 45.4 Å². The van der Waals surface area contributed by atoms with E-state index in [1.165, 1.54) is 18.6 Å². The lowest BCUT2D eigenvalue weighted by molar-refractivity contribution is -0.127. The Labute approximate surface area is 179 Å². The molecule has 4 aliphatic rings. The van der Waals surface area contributed by atoms with Crippen LogP contribution in [-0.4, -0.2) is 32.7 Å². The molecule has 0 saturated heterocycles. The Morgan fingerprint density at radius 2 is 1.84 bits per heavy atom. The number of fused-ring (bicyclic) bond motifs is 3. The normalized spacial score (nSPS) is 27.4. The number of ketones is 3. The van der Waals surface area contributed by atoms with Crippen molar-refractivity contribution in [3.63, 3.8) is 0 Å². The van der Waals surface area contributed by atoms with Gasteiger partial charge in [0.25, 0.3) is 0 Å². The van der Waals surface area contributed by atoms with Gasteiger partial charge in [0.05, 0.1) is 17.1 Å². The van der Waals surface area contributed by atoms with Crippen LogP contribution in [0.2, 0.25) is 0 Å². The topological polar surface area (TPSA) is 112 Å². The van der Waals surface area contributed by atoms with Gasteiger partial charge in [-0.25, -0.2) is 0 Å². The smallest absolute Gasteiger partial charge is 0.173 e. The molecule has 31 heavy (non-hydrogen) atoms. The number of carbonyl (C=O) groups excluding carboxylic acids is 3. The first kappa shape index (κ1) is 19.8. The van der Waals surface area contributed by atoms with Crippen LogP contribution in [0.3, 0.4) is 0 Å². The fourth-order valence-electron chi connectivity index (χ4n) is 5.66. The molecule has 0 heterocycles. The third-order valence-corrected chi connectivity index (χ3v) is 7.27. The average molecular weight is 420 g/mol. The summed E-state index contributed by atoms with van der Waals surface area (Å²) in [5.74, 6) is -3.99. The van der Waals surface area contributed by atoms with Crippen LogP contribution in [0.4, 0.5) is 0 Å². The minimum absolute atomic E-state index is 0.0315. The first-order valence-electron chi connectivity index (χ1n) is 10.8. The van der Waals surface area contributed by atoms with E-state index in [4.69, 9.17) is 0 Å². The van der Waals surface area contributed by atoms with Crippen LogP contribution in [0.25, 0.3) is 11.8 Å². The molecule has 3 N–H and O–H groups in total. The summed E-state index contributed by atoms with van der Waals surface area (Å²) in [6.45, 7) is 1.20. The molecule has 0 radical (unpaired) electrons. The lowest BCUT2D eigenvalue weighted by atomic mass is 9.61. The molecule has 5 rings (SSSR count). The largest absolute Gasteiger partial charge is 0.511 e. The molecule has 1 aromatic rings. The molecule has 160 valence electrons. The number of rotatable bonds is 2. The second-order valence-electron chi connectivity index (χ2n) is 9.13. The van der Waals surface area contributed by atoms with Crippen LogP contribution in [0, 0.1) is 17.8 Å². The predicted octanol–water partition coefficient (Wildman–Crippen LogP) is 3.98. The molecule has 3 unspecified atom stereocenters. The molecule has 4 aliphatic carbocycles. The number of phenolic OH excluding ortho intramolecular Hbond substituents is 1. The van der Waals surface area contributed by atoms with Gasteiger partial charge in [0.2, 0.25) is 0 Å². The van der Waals surface area contributed by atoms with Gasteiger partial charge in [-0.3, -0.25) is 14.4 Å². The zero-order chi connectivity index (χ0) is 22.0. The van der Waals surface area contributed by atoms with E-state index in [1.54, 1.807) is 0 Å². The molecular weight excluding hydrogens is 396 g/mol. The Morgan fingerprint density at radius 3 is 2.48 bits per heavy atom. The molecule has 0 amide bonds. The number of hydrogen-bond acceptors (Lipinski definition) is 6. The van der Waals surface area contributed by atoms with Crippen LogP contribution in [0.5, 0.6) is 5.75 Å². The summed E-state index contributed by atoms with van der Waals surface area (Å²) < 4.78 is 0. The minimum atomic E-state index is -1.01. The second-order valence-corrected chi connectivity index (χ2v) is 9.13. The number of aliphatic hydroxyl groups is 2. The van der Waals surface area contributed by atoms with Gasteiger partial charge in [-0.1, -0.05) is 17.7 Å². The second kappa shape index (κ2) is 6.94. The van der Waals surface area contributed by atoms with Gasteiger partial charge in [0.1, 0.15) is 17.3 Å². The summed E-state index contributed by atoms with van der Waals surface area (Å²) in [6.07, 6.45) is 6.29. The Balaban J connectivity index is 1.64. The molecule has 0 aliphatic heterocycles. The summed E-state index contributed by atoms with van der Waals surface area (Å²) in [7, 11) is 0. The number of Topliss-reactive ketones (excluding diaryl/α,β-unsaturated/α-hetero) is 3. The first-order chi connectivity index (χ1) is 14.8. The number of carbonyl (C=O) groups is 3. The number of allylic oxidation sites excluding steroid dienone is 4. The number of aliphatic hydroxyl groups excluding tert-OH is 2. The van der Waals surface area contributed by atoms with Crippen LogP contribution < -0.4 is 0 Å². The van der Waals surface area contributed by atoms with Crippen LogP contribution in [-0.2, 0) is 20.8 Å². The van der Waals surface area contributed by atoms with Gasteiger partial charge in [0.15, 0.2) is 17.3 Å². The number of aromatic hydroxyl groups is 1. The SMILES string of the molecule is CC(=O)C1=C(O)C2C(=O)C3=C(O)c4c(O)ccc(C=C5CCC5)c4CC3CC2CC1=O. The average Bonchev–Trinajstić information content (AvgIpc) is 2.65. The highest BCUT2D eigenvalue weighted by Gasteiger charge is 2.50. The molecule has 0 aromatic heterocycles. The lowest BCUT2D eigenvalue weighted by Crippen LogP contribution is -2.43. The van der Waals surface area contributed by atoms with Crippen molar-refractivity contribution in [3.05, 3.63) is 51.3 Å². The zero-order valence-electron chi connectivity index (χ0n) is 17.3. The van der Waals surface area contributed by atoms with E-state index in [0.717, 1.165) is 30.4 Å². The number of benzene rings is 1. The molecule has 6 heteroatoms. The van der Waals surface area contributed by atoms with E-state index in [1.807, 2.05) is 6.07 Å². The summed E-state index contributed by atoms with van der Waals surface area (Å²) in [5, 5.41) is 32.2. The van der Waals surface area contributed by atoms with E-state index in [-0.39, 0.29) is 40.6 Å². The Morgan fingerprint density at radius 1 is 1.10 bits per heavy atom.